The molecule has 10 heteroatoms. The van der Waals surface area contributed by atoms with Gasteiger partial charge in [-0.2, -0.15) is 0 Å². The van der Waals surface area contributed by atoms with E-state index < -0.39 is 21.2 Å². The van der Waals surface area contributed by atoms with Gasteiger partial charge in [0.15, 0.2) is 0 Å². The molecule has 2 heterocycles. The van der Waals surface area contributed by atoms with Crippen molar-refractivity contribution in [3.8, 4) is 5.75 Å². The summed E-state index contributed by atoms with van der Waals surface area (Å²) in [6.45, 7) is 6.58. The fourth-order valence-corrected chi connectivity index (χ4v) is 9.07. The maximum absolute atomic E-state index is 13.4. The van der Waals surface area contributed by atoms with E-state index in [-0.39, 0.29) is 17.4 Å². The molecule has 0 aromatic heterocycles. The molecule has 45 heavy (non-hydrogen) atoms. The molecule has 6 rings (SSSR count). The highest BCUT2D eigenvalue weighted by Gasteiger charge is 2.44. The van der Waals surface area contributed by atoms with Gasteiger partial charge in [0.1, 0.15) is 5.75 Å². The average Bonchev–Trinajstić information content (AvgIpc) is 3.15. The van der Waals surface area contributed by atoms with Crippen molar-refractivity contribution in [3.63, 3.8) is 0 Å². The molecule has 1 fully saturated rings. The second-order valence-electron chi connectivity index (χ2n) is 13.4. The maximum Gasteiger partial charge on any atom is 0.264 e. The molecule has 0 saturated heterocycles. The number of sulfonamides is 1. The lowest BCUT2D eigenvalue weighted by molar-refractivity contribution is -0.0309. The minimum Gasteiger partial charge on any atom is -0.490 e. The molecule has 0 radical (unpaired) electrons. The van der Waals surface area contributed by atoms with Gasteiger partial charge in [-0.05, 0) is 105 Å². The summed E-state index contributed by atoms with van der Waals surface area (Å²) in [6.07, 6.45) is 9.78. The lowest BCUT2D eigenvalue weighted by Crippen LogP contribution is -2.49. The van der Waals surface area contributed by atoms with Crippen molar-refractivity contribution in [2.24, 2.45) is 17.8 Å². The Labute approximate surface area is 272 Å². The number of ether oxygens (including phenoxy) is 3. The molecule has 2 aliphatic carbocycles. The van der Waals surface area contributed by atoms with Gasteiger partial charge in [-0.1, -0.05) is 36.7 Å². The summed E-state index contributed by atoms with van der Waals surface area (Å²) in [5.41, 5.74) is 3.42. The zero-order chi connectivity index (χ0) is 31.8. The van der Waals surface area contributed by atoms with E-state index in [1.807, 2.05) is 25.1 Å². The molecule has 2 aliphatic heterocycles. The van der Waals surface area contributed by atoms with Crippen LogP contribution in [-0.4, -0.2) is 65.7 Å². The molecule has 2 aromatic carbocycles. The lowest BCUT2D eigenvalue weighted by atomic mass is 9.68. The van der Waals surface area contributed by atoms with Crippen molar-refractivity contribution in [1.29, 1.82) is 0 Å². The molecule has 2 bridgehead atoms. The molecule has 2 aromatic rings. The van der Waals surface area contributed by atoms with Crippen LogP contribution in [0, 0.1) is 17.8 Å². The number of benzene rings is 2. The molecule has 244 valence electrons. The Morgan fingerprint density at radius 3 is 2.76 bits per heavy atom. The van der Waals surface area contributed by atoms with E-state index in [2.05, 4.69) is 33.9 Å². The van der Waals surface area contributed by atoms with Gasteiger partial charge in [-0.3, -0.25) is 4.79 Å². The van der Waals surface area contributed by atoms with Crippen LogP contribution < -0.4 is 14.4 Å². The largest absolute Gasteiger partial charge is 0.490 e. The Balaban J connectivity index is 1.41. The number of amides is 1. The summed E-state index contributed by atoms with van der Waals surface area (Å²) in [7, 11) is -2.24. The summed E-state index contributed by atoms with van der Waals surface area (Å²) in [6, 6.07) is 11.5. The quantitative estimate of drug-likeness (QED) is 0.323. The van der Waals surface area contributed by atoms with E-state index in [4.69, 9.17) is 25.8 Å². The monoisotopic (exact) mass is 656 g/mol. The number of hydrogen-bond donors (Lipinski definition) is 1. The number of allylic oxidation sites excluding steroid dienone is 1. The van der Waals surface area contributed by atoms with Crippen LogP contribution in [0.15, 0.2) is 48.6 Å². The second-order valence-corrected chi connectivity index (χ2v) is 15.9. The number of methoxy groups -OCH3 is 1. The number of nitrogens with zero attached hydrogens (tertiary/aromatic N) is 1. The topological polar surface area (TPSA) is 94.2 Å². The molecular weight excluding hydrogens is 612 g/mol. The van der Waals surface area contributed by atoms with Gasteiger partial charge in [0.05, 0.1) is 36.9 Å². The van der Waals surface area contributed by atoms with Crippen molar-refractivity contribution in [3.05, 3.63) is 70.3 Å². The van der Waals surface area contributed by atoms with Crippen molar-refractivity contribution < 1.29 is 27.4 Å². The number of nitrogens with one attached hydrogen (secondary N) is 1. The third-order valence-electron chi connectivity index (χ3n) is 10.6. The van der Waals surface area contributed by atoms with Crippen LogP contribution in [0.25, 0.3) is 0 Å². The number of anilines is 1. The van der Waals surface area contributed by atoms with E-state index >= 15 is 0 Å². The smallest absolute Gasteiger partial charge is 0.264 e. The fourth-order valence-electron chi connectivity index (χ4n) is 7.59. The van der Waals surface area contributed by atoms with Crippen molar-refractivity contribution in [2.45, 2.75) is 69.1 Å². The van der Waals surface area contributed by atoms with Crippen LogP contribution in [0.3, 0.4) is 0 Å². The van der Waals surface area contributed by atoms with Crippen LogP contribution in [0.5, 0.6) is 5.75 Å². The summed E-state index contributed by atoms with van der Waals surface area (Å²) >= 11 is 6.43. The molecule has 6 atom stereocenters. The number of hydrogen-bond acceptors (Lipinski definition) is 7. The van der Waals surface area contributed by atoms with Gasteiger partial charge in [0, 0.05) is 36.2 Å². The molecule has 1 amide bonds. The Bertz CT molecular complexity index is 1550. The minimum absolute atomic E-state index is 0.0915. The summed E-state index contributed by atoms with van der Waals surface area (Å²) in [5.74, 6) is 0.579. The first-order valence-electron chi connectivity index (χ1n) is 16.2. The van der Waals surface area contributed by atoms with Crippen LogP contribution in [0.2, 0.25) is 5.02 Å². The van der Waals surface area contributed by atoms with Crippen molar-refractivity contribution in [1.82, 2.24) is 4.72 Å². The number of rotatable bonds is 4. The van der Waals surface area contributed by atoms with Gasteiger partial charge >= 0.3 is 0 Å². The molecule has 1 N–H and O–H groups in total. The number of carbonyl (C=O) groups is 1. The molecule has 1 saturated carbocycles. The molecule has 4 aliphatic rings. The Morgan fingerprint density at radius 2 is 1.98 bits per heavy atom. The zero-order valence-electron chi connectivity index (χ0n) is 26.5. The second kappa shape index (κ2) is 13.3. The summed E-state index contributed by atoms with van der Waals surface area (Å²) in [5, 5.41) is -0.0171. The Kier molecular flexibility index (Phi) is 9.53. The number of halogens is 1. The fraction of sp³-hybridized carbons (Fsp3) is 0.571. The standard InChI is InChI=1S/C35H45ClN2O6S/c1-23-6-4-8-32(43-17-16-42-3)29-12-9-27(29)20-38-21-35(15-5-7-25-18-28(36)11-13-30(25)35)22-44-33-14-10-26(19-31(33)38)34(39)37-45(40,41)24(23)2/h4,8,10-11,13-14,18-19,23-24,27,29,32H,5-7,9,12,15-17,20-22H2,1-3H3,(H,37,39)/b8-4-/t23-,24+,27-,29+,32-,35-/m0/s1. The van der Waals surface area contributed by atoms with E-state index in [1.54, 1.807) is 20.1 Å². The van der Waals surface area contributed by atoms with Gasteiger partial charge in [0.25, 0.3) is 5.91 Å². The van der Waals surface area contributed by atoms with E-state index in [1.165, 1.54) is 11.1 Å². The maximum atomic E-state index is 13.4. The molecule has 8 nitrogen and oxygen atoms in total. The predicted molar refractivity (Wildman–Crippen MR) is 177 cm³/mol. The normalized spacial score (nSPS) is 31.9. The minimum atomic E-state index is -3.91. The number of fused-ring (bicyclic) bond motifs is 4. The van der Waals surface area contributed by atoms with Gasteiger partial charge in [0.2, 0.25) is 10.0 Å². The van der Waals surface area contributed by atoms with E-state index in [9.17, 15) is 13.2 Å². The zero-order valence-corrected chi connectivity index (χ0v) is 28.0. The first kappa shape index (κ1) is 32.4. The predicted octanol–water partition coefficient (Wildman–Crippen LogP) is 5.92. The third kappa shape index (κ3) is 6.64. The van der Waals surface area contributed by atoms with Crippen LogP contribution in [0.1, 0.15) is 67.4 Å². The first-order valence-corrected chi connectivity index (χ1v) is 18.2. The first-order chi connectivity index (χ1) is 21.6. The van der Waals surface area contributed by atoms with Crippen molar-refractivity contribution in [2.75, 3.05) is 44.9 Å². The molecular formula is C35H45ClN2O6S. The number of aryl methyl sites for hydroxylation is 1. The van der Waals surface area contributed by atoms with Crippen LogP contribution in [0.4, 0.5) is 5.69 Å². The molecule has 0 unspecified atom stereocenters. The third-order valence-corrected chi connectivity index (χ3v) is 12.8. The Hall–Kier alpha value is -2.59. The highest BCUT2D eigenvalue weighted by Crippen LogP contribution is 2.47. The number of carbonyl (C=O) groups excluding carboxylic acids is 1. The van der Waals surface area contributed by atoms with Crippen molar-refractivity contribution >= 4 is 33.2 Å². The summed E-state index contributed by atoms with van der Waals surface area (Å²) < 4.78 is 47.2. The van der Waals surface area contributed by atoms with E-state index in [0.29, 0.717) is 49.4 Å². The summed E-state index contributed by atoms with van der Waals surface area (Å²) in [4.78, 5) is 15.8. The average molecular weight is 657 g/mol. The Morgan fingerprint density at radius 1 is 1.13 bits per heavy atom. The SMILES string of the molecule is COCCO[C@H]1/C=C\C[C@H](C)[C@@H](C)S(=O)(=O)NC(=O)c2ccc3c(c2)N(C[C@@H]2CC[C@H]21)C[C@@]1(CCCc2cc(Cl)ccc21)CO3. The van der Waals surface area contributed by atoms with Gasteiger partial charge < -0.3 is 19.1 Å². The van der Waals surface area contributed by atoms with E-state index in [0.717, 1.165) is 55.9 Å². The van der Waals surface area contributed by atoms with Crippen LogP contribution >= 0.6 is 11.6 Å². The van der Waals surface area contributed by atoms with Gasteiger partial charge in [-0.25, -0.2) is 13.1 Å². The highest BCUT2D eigenvalue weighted by molar-refractivity contribution is 7.90. The highest BCUT2D eigenvalue weighted by atomic mass is 35.5. The molecule has 1 spiro atoms. The lowest BCUT2D eigenvalue weighted by Gasteiger charge is -2.46. The van der Waals surface area contributed by atoms with Gasteiger partial charge in [-0.15, -0.1) is 0 Å². The van der Waals surface area contributed by atoms with Crippen LogP contribution in [-0.2, 0) is 31.3 Å².